The molecule has 0 bridgehead atoms. The third-order valence-corrected chi connectivity index (χ3v) is 5.58. The lowest BCUT2D eigenvalue weighted by Gasteiger charge is -2.20. The van der Waals surface area contributed by atoms with Gasteiger partial charge in [-0.3, -0.25) is 14.9 Å². The van der Waals surface area contributed by atoms with Crippen molar-refractivity contribution in [3.05, 3.63) is 42.2 Å². The van der Waals surface area contributed by atoms with Crippen LogP contribution >= 0.6 is 0 Å². The van der Waals surface area contributed by atoms with Gasteiger partial charge in [-0.15, -0.1) is 0 Å². The van der Waals surface area contributed by atoms with Gasteiger partial charge in [0.2, 0.25) is 11.8 Å². The number of imide groups is 1. The van der Waals surface area contributed by atoms with E-state index in [0.717, 1.165) is 21.7 Å². The van der Waals surface area contributed by atoms with Crippen molar-refractivity contribution >= 4 is 39.6 Å². The molecule has 9 nitrogen and oxygen atoms in total. The van der Waals surface area contributed by atoms with Gasteiger partial charge in [-0.1, -0.05) is 6.07 Å². The van der Waals surface area contributed by atoms with Crippen LogP contribution in [0.2, 0.25) is 0 Å². The molecule has 3 aromatic rings. The Kier molecular flexibility index (Phi) is 7.25. The third kappa shape index (κ3) is 6.10. The van der Waals surface area contributed by atoms with Crippen LogP contribution in [0.5, 0.6) is 5.75 Å². The molecule has 1 aliphatic rings. The number of hydrogen-bond acceptors (Lipinski definition) is 7. The van der Waals surface area contributed by atoms with Gasteiger partial charge >= 0.3 is 6.09 Å². The Morgan fingerprint density at radius 1 is 1.14 bits per heavy atom. The largest absolute Gasteiger partial charge is 0.491 e. The maximum atomic E-state index is 12.4. The van der Waals surface area contributed by atoms with Gasteiger partial charge in [-0.05, 0) is 62.2 Å². The molecule has 1 fully saturated rings. The van der Waals surface area contributed by atoms with Gasteiger partial charge in [0.1, 0.15) is 23.5 Å². The SMILES string of the molecule is CC(C)(C)OC(=O)NCCOCCOc1ccc2c(ccc3occ(C4CCC(=O)NC4=O)c32)c1. The first-order chi connectivity index (χ1) is 16.7. The van der Waals surface area contributed by atoms with Crippen LogP contribution in [0.4, 0.5) is 4.79 Å². The van der Waals surface area contributed by atoms with E-state index in [4.69, 9.17) is 18.6 Å². The summed E-state index contributed by atoms with van der Waals surface area (Å²) < 4.78 is 22.2. The molecule has 1 unspecified atom stereocenters. The van der Waals surface area contributed by atoms with Gasteiger partial charge in [0, 0.05) is 23.9 Å². The highest BCUT2D eigenvalue weighted by atomic mass is 16.6. The fraction of sp³-hybridized carbons (Fsp3) is 0.423. The summed E-state index contributed by atoms with van der Waals surface area (Å²) in [6, 6.07) is 9.56. The smallest absolute Gasteiger partial charge is 0.407 e. The Balaban J connectivity index is 1.33. The number of ether oxygens (including phenoxy) is 3. The fourth-order valence-corrected chi connectivity index (χ4v) is 4.07. The topological polar surface area (TPSA) is 116 Å². The number of rotatable bonds is 8. The minimum absolute atomic E-state index is 0.242. The van der Waals surface area contributed by atoms with E-state index in [1.54, 1.807) is 6.26 Å². The maximum Gasteiger partial charge on any atom is 0.407 e. The van der Waals surface area contributed by atoms with Crippen LogP contribution in [-0.2, 0) is 19.1 Å². The maximum absolute atomic E-state index is 12.4. The summed E-state index contributed by atoms with van der Waals surface area (Å²) in [7, 11) is 0. The van der Waals surface area contributed by atoms with Gasteiger partial charge in [0.15, 0.2) is 0 Å². The summed E-state index contributed by atoms with van der Waals surface area (Å²) in [5.74, 6) is -0.257. The zero-order valence-corrected chi connectivity index (χ0v) is 20.1. The van der Waals surface area contributed by atoms with E-state index >= 15 is 0 Å². The summed E-state index contributed by atoms with van der Waals surface area (Å²) >= 11 is 0. The molecule has 186 valence electrons. The predicted molar refractivity (Wildman–Crippen MR) is 129 cm³/mol. The van der Waals surface area contributed by atoms with E-state index in [1.807, 2.05) is 51.1 Å². The van der Waals surface area contributed by atoms with Crippen LogP contribution in [0.25, 0.3) is 21.7 Å². The first-order valence-electron chi connectivity index (χ1n) is 11.7. The number of piperidine rings is 1. The van der Waals surface area contributed by atoms with Crippen molar-refractivity contribution in [3.8, 4) is 5.75 Å². The number of hydrogen-bond donors (Lipinski definition) is 2. The molecule has 2 aromatic carbocycles. The number of carbonyl (C=O) groups excluding carboxylic acids is 3. The molecule has 1 aromatic heterocycles. The van der Waals surface area contributed by atoms with Gasteiger partial charge in [-0.2, -0.15) is 0 Å². The third-order valence-electron chi connectivity index (χ3n) is 5.58. The van der Waals surface area contributed by atoms with E-state index in [-0.39, 0.29) is 11.8 Å². The van der Waals surface area contributed by atoms with Crippen LogP contribution in [-0.4, -0.2) is 49.9 Å². The molecule has 2 heterocycles. The Hall–Kier alpha value is -3.59. The first-order valence-corrected chi connectivity index (χ1v) is 11.7. The number of amides is 3. The number of carbonyl (C=O) groups is 3. The summed E-state index contributed by atoms with van der Waals surface area (Å²) in [4.78, 5) is 35.5. The van der Waals surface area contributed by atoms with Crippen LogP contribution in [0.15, 0.2) is 41.0 Å². The van der Waals surface area contributed by atoms with Crippen molar-refractivity contribution in [2.24, 2.45) is 0 Å². The first kappa shape index (κ1) is 24.5. The van der Waals surface area contributed by atoms with Gasteiger partial charge in [0.05, 0.1) is 25.4 Å². The molecule has 0 saturated carbocycles. The monoisotopic (exact) mass is 482 g/mol. The zero-order chi connectivity index (χ0) is 25.0. The molecular weight excluding hydrogens is 452 g/mol. The molecule has 1 saturated heterocycles. The van der Waals surface area contributed by atoms with Crippen molar-refractivity contribution in [2.75, 3.05) is 26.4 Å². The minimum atomic E-state index is -0.533. The zero-order valence-electron chi connectivity index (χ0n) is 20.1. The van der Waals surface area contributed by atoms with E-state index in [1.165, 1.54) is 0 Å². The van der Waals surface area contributed by atoms with Crippen LogP contribution in [0, 0.1) is 0 Å². The lowest BCUT2D eigenvalue weighted by Crippen LogP contribution is -2.39. The second-order valence-corrected chi connectivity index (χ2v) is 9.41. The molecule has 1 atom stereocenters. The van der Waals surface area contributed by atoms with E-state index in [0.29, 0.717) is 50.5 Å². The number of furan rings is 1. The van der Waals surface area contributed by atoms with E-state index in [9.17, 15) is 14.4 Å². The average molecular weight is 483 g/mol. The number of benzene rings is 2. The second-order valence-electron chi connectivity index (χ2n) is 9.41. The standard InChI is InChI=1S/C26H30N2O7/c1-26(2,3)35-25(31)27-10-11-32-12-13-33-17-5-6-18-16(14-17)4-8-21-23(18)20(15-34-21)19-7-9-22(29)28-24(19)30/h4-6,8,14-15,19H,7,9-13H2,1-3H3,(H,27,31)(H,28,29,30). The lowest BCUT2D eigenvalue weighted by atomic mass is 9.89. The molecule has 0 spiro atoms. The fourth-order valence-electron chi connectivity index (χ4n) is 4.07. The quantitative estimate of drug-likeness (QED) is 0.368. The van der Waals surface area contributed by atoms with Gasteiger partial charge in [0.25, 0.3) is 0 Å². The average Bonchev–Trinajstić information content (AvgIpc) is 3.21. The lowest BCUT2D eigenvalue weighted by molar-refractivity contribution is -0.134. The Labute approximate surface area is 203 Å². The molecule has 3 amide bonds. The van der Waals surface area contributed by atoms with Gasteiger partial charge in [-0.25, -0.2) is 4.79 Å². The van der Waals surface area contributed by atoms with Crippen LogP contribution in [0.3, 0.4) is 0 Å². The van der Waals surface area contributed by atoms with Gasteiger partial charge < -0.3 is 23.9 Å². The summed E-state index contributed by atoms with van der Waals surface area (Å²) in [6.07, 6.45) is 1.92. The molecule has 0 aliphatic carbocycles. The van der Waals surface area contributed by atoms with Crippen LogP contribution < -0.4 is 15.4 Å². The molecule has 2 N–H and O–H groups in total. The predicted octanol–water partition coefficient (Wildman–Crippen LogP) is 4.03. The van der Waals surface area contributed by atoms with Crippen molar-refractivity contribution in [3.63, 3.8) is 0 Å². The highest BCUT2D eigenvalue weighted by Crippen LogP contribution is 2.37. The Morgan fingerprint density at radius 3 is 2.74 bits per heavy atom. The highest BCUT2D eigenvalue weighted by Gasteiger charge is 2.31. The van der Waals surface area contributed by atoms with E-state index < -0.39 is 17.6 Å². The summed E-state index contributed by atoms with van der Waals surface area (Å²) in [5, 5.41) is 7.84. The number of fused-ring (bicyclic) bond motifs is 3. The Morgan fingerprint density at radius 2 is 1.97 bits per heavy atom. The molecule has 1 aliphatic heterocycles. The molecule has 0 radical (unpaired) electrons. The van der Waals surface area contributed by atoms with Crippen LogP contribution in [0.1, 0.15) is 45.1 Å². The normalized spacial score (nSPS) is 16.4. The molecule has 4 rings (SSSR count). The summed E-state index contributed by atoms with van der Waals surface area (Å²) in [6.45, 7) is 6.85. The Bertz CT molecular complexity index is 1240. The summed E-state index contributed by atoms with van der Waals surface area (Å²) in [5.41, 5.74) is 0.950. The molecular formula is C26H30N2O7. The number of nitrogens with one attached hydrogen (secondary N) is 2. The highest BCUT2D eigenvalue weighted by molar-refractivity contribution is 6.10. The second kappa shape index (κ2) is 10.4. The van der Waals surface area contributed by atoms with Crippen molar-refractivity contribution < 1.29 is 33.0 Å². The minimum Gasteiger partial charge on any atom is -0.491 e. The molecule has 35 heavy (non-hydrogen) atoms. The van der Waals surface area contributed by atoms with Crippen molar-refractivity contribution in [2.45, 2.75) is 45.1 Å². The number of alkyl carbamates (subject to hydrolysis) is 1. The van der Waals surface area contributed by atoms with Crippen molar-refractivity contribution in [1.29, 1.82) is 0 Å². The molecule has 9 heteroatoms. The van der Waals surface area contributed by atoms with Crippen molar-refractivity contribution in [1.82, 2.24) is 10.6 Å². The van der Waals surface area contributed by atoms with E-state index in [2.05, 4.69) is 10.6 Å².